The van der Waals surface area contributed by atoms with Crippen molar-refractivity contribution in [1.82, 2.24) is 0 Å². The Kier molecular flexibility index (Phi) is 3.95. The predicted molar refractivity (Wildman–Crippen MR) is 33.7 cm³/mol. The third-order valence-corrected chi connectivity index (χ3v) is 1.17. The molecule has 0 radical (unpaired) electrons. The summed E-state index contributed by atoms with van der Waals surface area (Å²) in [6, 6.07) is 0. The van der Waals surface area contributed by atoms with Crippen LogP contribution in [0.15, 0.2) is 0 Å². The molecule has 1 heterocycles. The van der Waals surface area contributed by atoms with E-state index in [0.29, 0.717) is 13.2 Å². The average Bonchev–Trinajstić information content (AvgIpc) is 1.55. The van der Waals surface area contributed by atoms with Gasteiger partial charge in [-0.05, 0) is 0 Å². The third-order valence-electron chi connectivity index (χ3n) is 1.17. The third kappa shape index (κ3) is 2.90. The van der Waals surface area contributed by atoms with Gasteiger partial charge in [-0.15, -0.1) is 0 Å². The van der Waals surface area contributed by atoms with E-state index in [0.717, 1.165) is 0 Å². The molecule has 1 N–H and O–H groups in total. The van der Waals surface area contributed by atoms with Crippen molar-refractivity contribution in [2.45, 2.75) is 6.42 Å². The predicted octanol–water partition coefficient (Wildman–Crippen LogP) is -0.541. The second kappa shape index (κ2) is 3.94. The topological polar surface area (TPSA) is 46.5 Å². The van der Waals surface area contributed by atoms with Gasteiger partial charge >= 0.3 is 24.8 Å². The van der Waals surface area contributed by atoms with Crippen molar-refractivity contribution in [3.63, 3.8) is 0 Å². The second-order valence-corrected chi connectivity index (χ2v) is 2.00. The molecule has 1 rings (SSSR count). The fourth-order valence-corrected chi connectivity index (χ4v) is 0.649. The van der Waals surface area contributed by atoms with Crippen LogP contribution in [0.25, 0.3) is 0 Å². The second-order valence-electron chi connectivity index (χ2n) is 2.00. The summed E-state index contributed by atoms with van der Waals surface area (Å²) in [6.45, 7) is 1.26. The van der Waals surface area contributed by atoms with E-state index in [9.17, 15) is 4.79 Å². The molecule has 4 heteroatoms. The molecule has 0 unspecified atom stereocenters. The number of carboxylic acids is 1. The molecule has 3 nitrogen and oxygen atoms in total. The molecule has 1 saturated heterocycles. The van der Waals surface area contributed by atoms with E-state index >= 15 is 0 Å². The molecule has 0 bridgehead atoms. The number of hydrogen-bond acceptors (Lipinski definition) is 2. The standard InChI is InChI=1S/C5H8O3.Li.H/c6-5(7)1-4-2-8-3-4;;/h4H,1-3H2,(H,6,7);;. The van der Waals surface area contributed by atoms with Crippen LogP contribution in [0, 0.1) is 5.92 Å². The van der Waals surface area contributed by atoms with Gasteiger partial charge in [0.2, 0.25) is 0 Å². The van der Waals surface area contributed by atoms with Crippen LogP contribution in [0.3, 0.4) is 0 Å². The van der Waals surface area contributed by atoms with Crippen LogP contribution in [0.1, 0.15) is 6.42 Å². The van der Waals surface area contributed by atoms with Crippen LogP contribution in [-0.4, -0.2) is 43.2 Å². The van der Waals surface area contributed by atoms with Gasteiger partial charge in [0, 0.05) is 5.92 Å². The van der Waals surface area contributed by atoms with Crippen LogP contribution in [0.5, 0.6) is 0 Å². The Morgan fingerprint density at radius 1 is 1.67 bits per heavy atom. The molecule has 1 aliphatic heterocycles. The molecule has 0 amide bonds. The Labute approximate surface area is 65.6 Å². The maximum absolute atomic E-state index is 9.95. The van der Waals surface area contributed by atoms with E-state index in [2.05, 4.69) is 0 Å². The molecule has 0 aromatic carbocycles. The molecule has 0 atom stereocenters. The fraction of sp³-hybridized carbons (Fsp3) is 0.800. The van der Waals surface area contributed by atoms with E-state index < -0.39 is 5.97 Å². The van der Waals surface area contributed by atoms with Crippen molar-refractivity contribution < 1.29 is 14.6 Å². The van der Waals surface area contributed by atoms with Crippen molar-refractivity contribution in [3.8, 4) is 0 Å². The Morgan fingerprint density at radius 2 is 2.22 bits per heavy atom. The van der Waals surface area contributed by atoms with Crippen LogP contribution in [0.4, 0.5) is 0 Å². The molecule has 0 aromatic heterocycles. The van der Waals surface area contributed by atoms with Crippen molar-refractivity contribution >= 4 is 24.8 Å². The van der Waals surface area contributed by atoms with Crippen molar-refractivity contribution in [2.75, 3.05) is 13.2 Å². The number of carboxylic acid groups (broad SMARTS) is 1. The first-order valence-corrected chi connectivity index (χ1v) is 2.58. The summed E-state index contributed by atoms with van der Waals surface area (Å²) in [5.41, 5.74) is 0. The molecule has 1 fully saturated rings. The Balaban J connectivity index is 0.000000640. The number of carbonyl (C=O) groups is 1. The van der Waals surface area contributed by atoms with Gasteiger partial charge in [0.25, 0.3) is 0 Å². The van der Waals surface area contributed by atoms with Gasteiger partial charge in [0.15, 0.2) is 0 Å². The molecular weight excluding hydrogens is 115 g/mol. The van der Waals surface area contributed by atoms with Gasteiger partial charge < -0.3 is 9.84 Å². The minimum atomic E-state index is -0.724. The summed E-state index contributed by atoms with van der Waals surface area (Å²) in [5, 5.41) is 8.19. The molecule has 0 saturated carbocycles. The first-order chi connectivity index (χ1) is 3.79. The van der Waals surface area contributed by atoms with Gasteiger partial charge in [-0.1, -0.05) is 0 Å². The Morgan fingerprint density at radius 3 is 2.33 bits per heavy atom. The van der Waals surface area contributed by atoms with Crippen molar-refractivity contribution in [1.29, 1.82) is 0 Å². The molecule has 48 valence electrons. The van der Waals surface area contributed by atoms with E-state index in [1.165, 1.54) is 0 Å². The van der Waals surface area contributed by atoms with Gasteiger partial charge in [-0.3, -0.25) is 4.79 Å². The van der Waals surface area contributed by atoms with E-state index in [1.54, 1.807) is 0 Å². The van der Waals surface area contributed by atoms with Gasteiger partial charge in [-0.2, -0.15) is 0 Å². The average molecular weight is 124 g/mol. The van der Waals surface area contributed by atoms with Crippen molar-refractivity contribution in [2.24, 2.45) is 5.92 Å². The summed E-state index contributed by atoms with van der Waals surface area (Å²) >= 11 is 0. The van der Waals surface area contributed by atoms with E-state index in [1.807, 2.05) is 0 Å². The Hall–Kier alpha value is 0.0274. The zero-order valence-corrected chi connectivity index (χ0v) is 4.46. The maximum atomic E-state index is 9.95. The summed E-state index contributed by atoms with van der Waals surface area (Å²) < 4.78 is 4.77. The normalized spacial score (nSPS) is 17.8. The quantitative estimate of drug-likeness (QED) is 0.503. The molecule has 9 heavy (non-hydrogen) atoms. The number of rotatable bonds is 2. The minimum absolute atomic E-state index is 0. The summed E-state index contributed by atoms with van der Waals surface area (Å²) in [7, 11) is 0. The molecule has 1 aliphatic rings. The number of ether oxygens (including phenoxy) is 1. The molecule has 0 aliphatic carbocycles. The zero-order valence-electron chi connectivity index (χ0n) is 4.46. The molecule has 0 spiro atoms. The van der Waals surface area contributed by atoms with Crippen LogP contribution in [0.2, 0.25) is 0 Å². The van der Waals surface area contributed by atoms with E-state index in [-0.39, 0.29) is 31.2 Å². The summed E-state index contributed by atoms with van der Waals surface area (Å²) in [4.78, 5) is 9.95. The fourth-order valence-electron chi connectivity index (χ4n) is 0.649. The van der Waals surface area contributed by atoms with Crippen LogP contribution < -0.4 is 0 Å². The SMILES string of the molecule is O=C(O)CC1COC1.[LiH]. The number of aliphatic carboxylic acids is 1. The van der Waals surface area contributed by atoms with Gasteiger partial charge in [0.05, 0.1) is 19.6 Å². The first-order valence-electron chi connectivity index (χ1n) is 2.58. The summed E-state index contributed by atoms with van der Waals surface area (Å²) in [6.07, 6.45) is 0.264. The zero-order chi connectivity index (χ0) is 5.98. The number of hydrogen-bond donors (Lipinski definition) is 1. The van der Waals surface area contributed by atoms with Gasteiger partial charge in [-0.25, -0.2) is 0 Å². The summed E-state index contributed by atoms with van der Waals surface area (Å²) in [5.74, 6) is -0.439. The first kappa shape index (κ1) is 9.03. The van der Waals surface area contributed by atoms with Crippen molar-refractivity contribution in [3.05, 3.63) is 0 Å². The van der Waals surface area contributed by atoms with Crippen LogP contribution in [-0.2, 0) is 9.53 Å². The molecular formula is C5H9LiO3. The monoisotopic (exact) mass is 124 g/mol. The van der Waals surface area contributed by atoms with E-state index in [4.69, 9.17) is 9.84 Å². The van der Waals surface area contributed by atoms with Crippen LogP contribution >= 0.6 is 0 Å². The van der Waals surface area contributed by atoms with Gasteiger partial charge in [0.1, 0.15) is 0 Å². The molecule has 0 aromatic rings. The Bertz CT molecular complexity index is 100.